The Hall–Kier alpha value is -0.570. The third-order valence-electron chi connectivity index (χ3n) is 2.30. The van der Waals surface area contributed by atoms with Gasteiger partial charge in [-0.2, -0.15) is 0 Å². The van der Waals surface area contributed by atoms with Gasteiger partial charge in [-0.3, -0.25) is 4.79 Å². The molecule has 0 saturated heterocycles. The largest absolute Gasteiger partial charge is 0.352 e. The molecule has 1 unspecified atom stereocenters. The first-order valence-corrected chi connectivity index (χ1v) is 5.61. The number of carbonyl (C=O) groups excluding carboxylic acids is 1. The Morgan fingerprint density at radius 2 is 1.93 bits per heavy atom. The maximum atomic E-state index is 11.4. The lowest BCUT2D eigenvalue weighted by Crippen LogP contribution is -2.42. The minimum absolute atomic E-state index is 0.110. The van der Waals surface area contributed by atoms with E-state index in [-0.39, 0.29) is 5.91 Å². The highest BCUT2D eigenvalue weighted by Gasteiger charge is 2.12. The summed E-state index contributed by atoms with van der Waals surface area (Å²) in [6.07, 6.45) is 2.06. The lowest BCUT2D eigenvalue weighted by Gasteiger charge is -2.20. The first-order chi connectivity index (χ1) is 6.61. The van der Waals surface area contributed by atoms with Crippen LogP contribution in [-0.4, -0.2) is 25.0 Å². The predicted octanol–water partition coefficient (Wildman–Crippen LogP) is 1.54. The van der Waals surface area contributed by atoms with Crippen LogP contribution in [0.3, 0.4) is 0 Å². The Labute approximate surface area is 87.6 Å². The highest BCUT2D eigenvalue weighted by atomic mass is 16.1. The van der Waals surface area contributed by atoms with Gasteiger partial charge in [-0.25, -0.2) is 0 Å². The Morgan fingerprint density at radius 3 is 2.36 bits per heavy atom. The number of amides is 1. The van der Waals surface area contributed by atoms with Crippen molar-refractivity contribution in [3.8, 4) is 0 Å². The van der Waals surface area contributed by atoms with Crippen LogP contribution in [0, 0.1) is 5.92 Å². The van der Waals surface area contributed by atoms with Crippen molar-refractivity contribution in [2.75, 3.05) is 13.1 Å². The smallest absolute Gasteiger partial charge is 0.234 e. The Bertz CT molecular complexity index is 157. The Morgan fingerprint density at radius 1 is 1.29 bits per heavy atom. The molecule has 0 fully saturated rings. The summed E-state index contributed by atoms with van der Waals surface area (Å²) in [5, 5.41) is 6.11. The van der Waals surface area contributed by atoms with Crippen molar-refractivity contribution < 1.29 is 4.79 Å². The third kappa shape index (κ3) is 5.97. The second-order valence-corrected chi connectivity index (χ2v) is 4.00. The molecule has 0 aliphatic carbocycles. The summed E-state index contributed by atoms with van der Waals surface area (Å²) in [5.74, 6) is 0.620. The molecule has 0 aromatic rings. The molecule has 0 radical (unpaired) electrons. The van der Waals surface area contributed by atoms with Crippen molar-refractivity contribution in [1.82, 2.24) is 10.6 Å². The van der Waals surface area contributed by atoms with Crippen molar-refractivity contribution in [3.05, 3.63) is 0 Å². The molecule has 0 aliphatic rings. The number of rotatable bonds is 7. The molecule has 84 valence electrons. The van der Waals surface area contributed by atoms with Crippen molar-refractivity contribution in [1.29, 1.82) is 0 Å². The molecule has 3 nitrogen and oxygen atoms in total. The standard InChI is InChI=1S/C11H24N2O/c1-5-7-12-8-11(14)13-10(6-2)9(3)4/h9-10,12H,5-8H2,1-4H3,(H,13,14). The van der Waals surface area contributed by atoms with Gasteiger partial charge in [0.15, 0.2) is 0 Å². The molecule has 2 N–H and O–H groups in total. The van der Waals surface area contributed by atoms with Crippen LogP contribution in [0.5, 0.6) is 0 Å². The van der Waals surface area contributed by atoms with Gasteiger partial charge >= 0.3 is 0 Å². The molecular formula is C11H24N2O. The fourth-order valence-electron chi connectivity index (χ4n) is 1.38. The molecule has 14 heavy (non-hydrogen) atoms. The van der Waals surface area contributed by atoms with Gasteiger partial charge in [0, 0.05) is 6.04 Å². The zero-order valence-electron chi connectivity index (χ0n) is 9.89. The van der Waals surface area contributed by atoms with Crippen molar-refractivity contribution in [2.45, 2.75) is 46.6 Å². The molecule has 0 bridgehead atoms. The molecule has 1 amide bonds. The number of carbonyl (C=O) groups is 1. The van der Waals surface area contributed by atoms with E-state index in [4.69, 9.17) is 0 Å². The van der Waals surface area contributed by atoms with E-state index in [9.17, 15) is 4.79 Å². The van der Waals surface area contributed by atoms with E-state index >= 15 is 0 Å². The second-order valence-electron chi connectivity index (χ2n) is 4.00. The third-order valence-corrected chi connectivity index (χ3v) is 2.30. The van der Waals surface area contributed by atoms with Gasteiger partial charge in [-0.15, -0.1) is 0 Å². The van der Waals surface area contributed by atoms with Gasteiger partial charge in [0.05, 0.1) is 6.54 Å². The SMILES string of the molecule is CCCNCC(=O)NC(CC)C(C)C. The fraction of sp³-hybridized carbons (Fsp3) is 0.909. The molecular weight excluding hydrogens is 176 g/mol. The molecule has 0 spiro atoms. The van der Waals surface area contributed by atoms with Crippen LogP contribution in [-0.2, 0) is 4.79 Å². The number of hydrogen-bond donors (Lipinski definition) is 2. The summed E-state index contributed by atoms with van der Waals surface area (Å²) < 4.78 is 0. The molecule has 0 aromatic carbocycles. The average molecular weight is 200 g/mol. The summed E-state index contributed by atoms with van der Waals surface area (Å²) in [5.41, 5.74) is 0. The Kier molecular flexibility index (Phi) is 7.48. The van der Waals surface area contributed by atoms with E-state index < -0.39 is 0 Å². The lowest BCUT2D eigenvalue weighted by atomic mass is 10.0. The molecule has 0 aromatic heterocycles. The first kappa shape index (κ1) is 13.4. The predicted molar refractivity (Wildman–Crippen MR) is 60.2 cm³/mol. The second kappa shape index (κ2) is 7.80. The van der Waals surface area contributed by atoms with E-state index in [1.165, 1.54) is 0 Å². The monoisotopic (exact) mass is 200 g/mol. The van der Waals surface area contributed by atoms with Crippen LogP contribution in [0.1, 0.15) is 40.5 Å². The first-order valence-electron chi connectivity index (χ1n) is 5.61. The summed E-state index contributed by atoms with van der Waals surface area (Å²) in [7, 11) is 0. The highest BCUT2D eigenvalue weighted by Crippen LogP contribution is 2.04. The van der Waals surface area contributed by atoms with E-state index in [0.29, 0.717) is 18.5 Å². The maximum absolute atomic E-state index is 11.4. The molecule has 0 aliphatic heterocycles. The fourth-order valence-corrected chi connectivity index (χ4v) is 1.38. The number of hydrogen-bond acceptors (Lipinski definition) is 2. The maximum Gasteiger partial charge on any atom is 0.234 e. The van der Waals surface area contributed by atoms with Gasteiger partial charge in [-0.05, 0) is 25.3 Å². The van der Waals surface area contributed by atoms with Gasteiger partial charge in [-0.1, -0.05) is 27.7 Å². The summed E-state index contributed by atoms with van der Waals surface area (Å²) >= 11 is 0. The minimum atomic E-state index is 0.110. The topological polar surface area (TPSA) is 41.1 Å². The molecule has 0 heterocycles. The van der Waals surface area contributed by atoms with Crippen molar-refractivity contribution in [2.24, 2.45) is 5.92 Å². The van der Waals surface area contributed by atoms with E-state index in [0.717, 1.165) is 19.4 Å². The van der Waals surface area contributed by atoms with Crippen LogP contribution in [0.15, 0.2) is 0 Å². The zero-order chi connectivity index (χ0) is 11.0. The molecule has 0 rings (SSSR count). The van der Waals surface area contributed by atoms with E-state index in [1.54, 1.807) is 0 Å². The van der Waals surface area contributed by atoms with Crippen LogP contribution >= 0.6 is 0 Å². The lowest BCUT2D eigenvalue weighted by molar-refractivity contribution is -0.121. The van der Waals surface area contributed by atoms with Crippen LogP contribution in [0.4, 0.5) is 0 Å². The van der Waals surface area contributed by atoms with Crippen LogP contribution in [0.25, 0.3) is 0 Å². The van der Waals surface area contributed by atoms with Crippen LogP contribution < -0.4 is 10.6 Å². The van der Waals surface area contributed by atoms with Gasteiger partial charge in [0.2, 0.25) is 5.91 Å². The highest BCUT2D eigenvalue weighted by molar-refractivity contribution is 5.78. The van der Waals surface area contributed by atoms with Crippen molar-refractivity contribution >= 4 is 5.91 Å². The summed E-state index contributed by atoms with van der Waals surface area (Å²) in [6, 6.07) is 0.311. The zero-order valence-corrected chi connectivity index (χ0v) is 9.89. The van der Waals surface area contributed by atoms with Gasteiger partial charge < -0.3 is 10.6 Å². The molecule has 3 heteroatoms. The quantitative estimate of drug-likeness (QED) is 0.612. The van der Waals surface area contributed by atoms with Crippen molar-refractivity contribution in [3.63, 3.8) is 0 Å². The molecule has 0 saturated carbocycles. The van der Waals surface area contributed by atoms with E-state index in [1.807, 2.05) is 0 Å². The van der Waals surface area contributed by atoms with E-state index in [2.05, 4.69) is 38.3 Å². The average Bonchev–Trinajstić information content (AvgIpc) is 2.14. The van der Waals surface area contributed by atoms with Crippen LogP contribution in [0.2, 0.25) is 0 Å². The molecule has 1 atom stereocenters. The van der Waals surface area contributed by atoms with Gasteiger partial charge in [0.25, 0.3) is 0 Å². The summed E-state index contributed by atoms with van der Waals surface area (Å²) in [6.45, 7) is 9.81. The van der Waals surface area contributed by atoms with Gasteiger partial charge in [0.1, 0.15) is 0 Å². The normalized spacial score (nSPS) is 12.9. The number of nitrogens with one attached hydrogen (secondary N) is 2. The summed E-state index contributed by atoms with van der Waals surface area (Å²) in [4.78, 5) is 11.4. The minimum Gasteiger partial charge on any atom is -0.352 e. The Balaban J connectivity index is 3.68.